The van der Waals surface area contributed by atoms with E-state index < -0.39 is 0 Å². The molecule has 0 fully saturated rings. The summed E-state index contributed by atoms with van der Waals surface area (Å²) < 4.78 is 0. The molecule has 2 aromatic heterocycles. The number of aromatic hydroxyl groups is 1. The molecule has 1 aromatic carbocycles. The predicted octanol–water partition coefficient (Wildman–Crippen LogP) is 4.14. The lowest BCUT2D eigenvalue weighted by molar-refractivity contribution is -0.105. The molecule has 0 saturated heterocycles. The van der Waals surface area contributed by atoms with Crippen molar-refractivity contribution in [3.05, 3.63) is 42.7 Å². The third-order valence-electron chi connectivity index (χ3n) is 4.03. The van der Waals surface area contributed by atoms with Crippen molar-refractivity contribution in [3.63, 3.8) is 0 Å². The predicted molar refractivity (Wildman–Crippen MR) is 113 cm³/mol. The molecule has 0 atom stereocenters. The van der Waals surface area contributed by atoms with Gasteiger partial charge in [-0.1, -0.05) is 18.2 Å². The fourth-order valence-corrected chi connectivity index (χ4v) is 3.65. The summed E-state index contributed by atoms with van der Waals surface area (Å²) in [5.41, 5.74) is 3.35. The Morgan fingerprint density at radius 1 is 1.22 bits per heavy atom. The standard InChI is InChI=1S/C19H18N4O2S2/c1-20-13-7-12(17-14(25)8-21-9-16(17)27-2)18(23-19(13)22-10-24)11-5-3-4-6-15(11)26/h3-10,20,25-26H,1-2H3,(H,22,23,24). The Morgan fingerprint density at radius 2 is 2.00 bits per heavy atom. The normalized spacial score (nSPS) is 10.5. The average molecular weight is 399 g/mol. The summed E-state index contributed by atoms with van der Waals surface area (Å²) in [7, 11) is 1.74. The Balaban J connectivity index is 2.39. The lowest BCUT2D eigenvalue weighted by Crippen LogP contribution is -2.05. The van der Waals surface area contributed by atoms with Gasteiger partial charge in [0.05, 0.1) is 17.6 Å². The summed E-state index contributed by atoms with van der Waals surface area (Å²) >= 11 is 6.03. The van der Waals surface area contributed by atoms with E-state index in [-0.39, 0.29) is 5.75 Å². The molecule has 0 aliphatic heterocycles. The van der Waals surface area contributed by atoms with Gasteiger partial charge in [-0.15, -0.1) is 24.4 Å². The van der Waals surface area contributed by atoms with E-state index in [1.165, 1.54) is 18.0 Å². The van der Waals surface area contributed by atoms with E-state index in [0.29, 0.717) is 34.7 Å². The molecule has 1 amide bonds. The van der Waals surface area contributed by atoms with E-state index in [2.05, 4.69) is 33.2 Å². The van der Waals surface area contributed by atoms with Crippen LogP contribution in [0.5, 0.6) is 5.75 Å². The first kappa shape index (κ1) is 19.1. The maximum absolute atomic E-state index is 11.0. The molecule has 138 valence electrons. The minimum atomic E-state index is 0.0553. The van der Waals surface area contributed by atoms with Crippen molar-refractivity contribution >= 4 is 42.3 Å². The number of hydrogen-bond donors (Lipinski definition) is 4. The van der Waals surface area contributed by atoms with Crippen LogP contribution in [0.25, 0.3) is 22.4 Å². The molecule has 27 heavy (non-hydrogen) atoms. The molecule has 0 aliphatic carbocycles. The van der Waals surface area contributed by atoms with Crippen LogP contribution >= 0.6 is 24.4 Å². The van der Waals surface area contributed by atoms with Gasteiger partial charge >= 0.3 is 0 Å². The molecular formula is C19H18N4O2S2. The van der Waals surface area contributed by atoms with Gasteiger partial charge in [0.15, 0.2) is 5.82 Å². The van der Waals surface area contributed by atoms with Crippen LogP contribution in [-0.4, -0.2) is 34.8 Å². The van der Waals surface area contributed by atoms with Crippen LogP contribution < -0.4 is 10.6 Å². The number of thioether (sulfide) groups is 1. The van der Waals surface area contributed by atoms with E-state index in [0.717, 1.165) is 15.4 Å². The van der Waals surface area contributed by atoms with Crippen molar-refractivity contribution in [3.8, 4) is 28.1 Å². The second-order valence-corrected chi connectivity index (χ2v) is 6.88. The quantitative estimate of drug-likeness (QED) is 0.284. The minimum Gasteiger partial charge on any atom is -0.506 e. The maximum Gasteiger partial charge on any atom is 0.212 e. The number of nitrogens with zero attached hydrogens (tertiary/aromatic N) is 2. The van der Waals surface area contributed by atoms with Gasteiger partial charge in [0.1, 0.15) is 5.75 Å². The Bertz CT molecular complexity index is 995. The molecule has 3 rings (SSSR count). The zero-order valence-electron chi connectivity index (χ0n) is 14.7. The van der Waals surface area contributed by atoms with Gasteiger partial charge in [-0.2, -0.15) is 0 Å². The van der Waals surface area contributed by atoms with Crippen LogP contribution in [0.2, 0.25) is 0 Å². The first-order valence-electron chi connectivity index (χ1n) is 8.03. The van der Waals surface area contributed by atoms with Crippen LogP contribution in [0, 0.1) is 0 Å². The summed E-state index contributed by atoms with van der Waals surface area (Å²) in [6.07, 6.45) is 5.60. The number of anilines is 2. The average Bonchev–Trinajstić information content (AvgIpc) is 2.68. The summed E-state index contributed by atoms with van der Waals surface area (Å²) in [5.74, 6) is 0.446. The zero-order chi connectivity index (χ0) is 19.4. The fraction of sp³-hybridized carbons (Fsp3) is 0.105. The number of pyridine rings is 2. The van der Waals surface area contributed by atoms with Crippen molar-refractivity contribution in [1.82, 2.24) is 9.97 Å². The molecule has 0 bridgehead atoms. The van der Waals surface area contributed by atoms with Gasteiger partial charge in [0, 0.05) is 39.7 Å². The van der Waals surface area contributed by atoms with Crippen LogP contribution in [0.3, 0.4) is 0 Å². The van der Waals surface area contributed by atoms with Gasteiger partial charge < -0.3 is 15.7 Å². The van der Waals surface area contributed by atoms with Crippen molar-refractivity contribution in [2.45, 2.75) is 9.79 Å². The van der Waals surface area contributed by atoms with E-state index >= 15 is 0 Å². The smallest absolute Gasteiger partial charge is 0.212 e. The van der Waals surface area contributed by atoms with Crippen LogP contribution in [0.1, 0.15) is 0 Å². The molecular weight excluding hydrogens is 380 g/mol. The van der Waals surface area contributed by atoms with Crippen LogP contribution in [-0.2, 0) is 4.79 Å². The van der Waals surface area contributed by atoms with E-state index in [1.54, 1.807) is 13.2 Å². The number of carbonyl (C=O) groups is 1. The van der Waals surface area contributed by atoms with Crippen LogP contribution in [0.15, 0.2) is 52.5 Å². The molecule has 6 nitrogen and oxygen atoms in total. The highest BCUT2D eigenvalue weighted by molar-refractivity contribution is 7.98. The summed E-state index contributed by atoms with van der Waals surface area (Å²) in [4.78, 5) is 21.3. The SMILES string of the molecule is CNc1cc(-c2c(O)cncc2SC)c(-c2ccccc2S)nc1NC=O. The van der Waals surface area contributed by atoms with Crippen molar-refractivity contribution in [2.24, 2.45) is 0 Å². The van der Waals surface area contributed by atoms with Gasteiger partial charge in [-0.25, -0.2) is 4.98 Å². The number of thiol groups is 1. The molecule has 0 saturated carbocycles. The molecule has 0 spiro atoms. The summed E-state index contributed by atoms with van der Waals surface area (Å²) in [5, 5.41) is 16.2. The van der Waals surface area contributed by atoms with Crippen molar-refractivity contribution in [2.75, 3.05) is 23.9 Å². The number of hydrogen-bond acceptors (Lipinski definition) is 7. The maximum atomic E-state index is 11.0. The molecule has 0 unspecified atom stereocenters. The number of benzene rings is 1. The monoisotopic (exact) mass is 398 g/mol. The van der Waals surface area contributed by atoms with Gasteiger partial charge in [-0.3, -0.25) is 9.78 Å². The van der Waals surface area contributed by atoms with Gasteiger partial charge in [0.25, 0.3) is 0 Å². The lowest BCUT2D eigenvalue weighted by atomic mass is 9.98. The molecule has 0 radical (unpaired) electrons. The molecule has 3 N–H and O–H groups in total. The second kappa shape index (κ2) is 8.32. The van der Waals surface area contributed by atoms with E-state index in [4.69, 9.17) is 0 Å². The minimum absolute atomic E-state index is 0.0553. The first-order valence-corrected chi connectivity index (χ1v) is 9.70. The first-order chi connectivity index (χ1) is 13.1. The summed E-state index contributed by atoms with van der Waals surface area (Å²) in [6.45, 7) is 0. The highest BCUT2D eigenvalue weighted by atomic mass is 32.2. The fourth-order valence-electron chi connectivity index (χ4n) is 2.80. The van der Waals surface area contributed by atoms with Crippen LogP contribution in [0.4, 0.5) is 11.5 Å². The zero-order valence-corrected chi connectivity index (χ0v) is 16.4. The largest absolute Gasteiger partial charge is 0.506 e. The Labute approximate surface area is 166 Å². The third kappa shape index (κ3) is 3.72. The van der Waals surface area contributed by atoms with Gasteiger partial charge in [-0.05, 0) is 18.4 Å². The van der Waals surface area contributed by atoms with E-state index in [9.17, 15) is 9.90 Å². The lowest BCUT2D eigenvalue weighted by Gasteiger charge is -2.18. The highest BCUT2D eigenvalue weighted by Gasteiger charge is 2.20. The number of rotatable bonds is 6. The Morgan fingerprint density at radius 3 is 2.67 bits per heavy atom. The Hall–Kier alpha value is -2.71. The topological polar surface area (TPSA) is 87.1 Å². The summed E-state index contributed by atoms with van der Waals surface area (Å²) in [6, 6.07) is 9.39. The Kier molecular flexibility index (Phi) is 5.88. The number of aromatic nitrogens is 2. The highest BCUT2D eigenvalue weighted by Crippen LogP contribution is 2.44. The number of nitrogens with one attached hydrogen (secondary N) is 2. The van der Waals surface area contributed by atoms with E-state index in [1.807, 2.05) is 36.6 Å². The van der Waals surface area contributed by atoms with Crippen molar-refractivity contribution < 1.29 is 9.90 Å². The molecule has 2 heterocycles. The molecule has 3 aromatic rings. The second-order valence-electron chi connectivity index (χ2n) is 5.55. The third-order valence-corrected chi connectivity index (χ3v) is 5.17. The molecule has 0 aliphatic rings. The number of carbonyl (C=O) groups excluding carboxylic acids is 1. The number of amides is 1. The van der Waals surface area contributed by atoms with Crippen molar-refractivity contribution in [1.29, 1.82) is 0 Å². The molecule has 8 heteroatoms. The van der Waals surface area contributed by atoms with Gasteiger partial charge in [0.2, 0.25) is 6.41 Å².